The highest BCUT2D eigenvalue weighted by molar-refractivity contribution is 4.74. The zero-order chi connectivity index (χ0) is 10.5. The van der Waals surface area contributed by atoms with Crippen molar-refractivity contribution in [2.24, 2.45) is 11.5 Å². The van der Waals surface area contributed by atoms with Crippen molar-refractivity contribution in [3.8, 4) is 0 Å². The molecule has 0 saturated heterocycles. The van der Waals surface area contributed by atoms with Gasteiger partial charge in [-0.3, -0.25) is 5.32 Å². The molecule has 13 heavy (non-hydrogen) atoms. The molecule has 0 heterocycles. The fraction of sp³-hybridized carbons (Fsp3) is 1.00. The molecule has 0 unspecified atom stereocenters. The van der Waals surface area contributed by atoms with Crippen LogP contribution >= 0.6 is 0 Å². The fourth-order valence-electron chi connectivity index (χ4n) is 1.21. The van der Waals surface area contributed by atoms with E-state index in [0.29, 0.717) is 0 Å². The highest BCUT2D eigenvalue weighted by atomic mass is 16.5. The van der Waals surface area contributed by atoms with Gasteiger partial charge in [-0.25, -0.2) is 0 Å². The highest BCUT2D eigenvalue weighted by Gasteiger charge is 2.27. The Hall–Kier alpha value is -0.200. The molecule has 80 valence electrons. The van der Waals surface area contributed by atoms with Crippen LogP contribution in [0.15, 0.2) is 0 Å². The van der Waals surface area contributed by atoms with Crippen molar-refractivity contribution in [3.05, 3.63) is 0 Å². The summed E-state index contributed by atoms with van der Waals surface area (Å²) >= 11 is 0. The number of rotatable bonds is 6. The topological polar surface area (TPSA) is 82.5 Å². The Bertz CT molecular complexity index is 132. The van der Waals surface area contributed by atoms with Gasteiger partial charge in [0.25, 0.3) is 0 Å². The number of nitrogens with one attached hydrogen (secondary N) is 1. The van der Waals surface area contributed by atoms with Crippen molar-refractivity contribution in [1.82, 2.24) is 5.32 Å². The maximum atomic E-state index is 5.28. The van der Waals surface area contributed by atoms with Gasteiger partial charge in [-0.1, -0.05) is 0 Å². The lowest BCUT2D eigenvalue weighted by atomic mass is 10.2. The fourth-order valence-corrected chi connectivity index (χ4v) is 1.21. The summed E-state index contributed by atoms with van der Waals surface area (Å²) in [5, 5.41) is 3.13. The van der Waals surface area contributed by atoms with Crippen LogP contribution in [-0.4, -0.2) is 24.9 Å². The third-order valence-electron chi connectivity index (χ3n) is 1.49. The highest BCUT2D eigenvalue weighted by Crippen LogP contribution is 2.12. The number of hydrogen-bond acceptors (Lipinski definition) is 5. The second kappa shape index (κ2) is 4.88. The molecule has 0 amide bonds. The smallest absolute Gasteiger partial charge is 0.117 e. The maximum Gasteiger partial charge on any atom is 0.117 e. The molecule has 0 aromatic heterocycles. The SMILES string of the molecule is CC(C)(NC(C)(C)OCN)OCN. The lowest BCUT2D eigenvalue weighted by molar-refractivity contribution is -0.129. The average Bonchev–Trinajstić information content (AvgIpc) is 1.82. The Morgan fingerprint density at radius 2 is 1.23 bits per heavy atom. The first-order valence-corrected chi connectivity index (χ1v) is 4.30. The van der Waals surface area contributed by atoms with E-state index < -0.39 is 11.4 Å². The average molecular weight is 191 g/mol. The minimum atomic E-state index is -0.520. The summed E-state index contributed by atoms with van der Waals surface area (Å²) in [7, 11) is 0. The molecule has 0 spiro atoms. The van der Waals surface area contributed by atoms with Crippen molar-refractivity contribution in [1.29, 1.82) is 0 Å². The Balaban J connectivity index is 4.07. The molecule has 0 bridgehead atoms. The van der Waals surface area contributed by atoms with Crippen LogP contribution in [0.1, 0.15) is 27.7 Å². The van der Waals surface area contributed by atoms with Gasteiger partial charge in [-0.05, 0) is 27.7 Å². The quantitative estimate of drug-likeness (QED) is 0.511. The molecule has 5 nitrogen and oxygen atoms in total. The monoisotopic (exact) mass is 191 g/mol. The van der Waals surface area contributed by atoms with Crippen molar-refractivity contribution < 1.29 is 9.47 Å². The van der Waals surface area contributed by atoms with Gasteiger partial charge in [0.15, 0.2) is 0 Å². The number of nitrogens with two attached hydrogens (primary N) is 2. The third-order valence-corrected chi connectivity index (χ3v) is 1.49. The maximum absolute atomic E-state index is 5.28. The van der Waals surface area contributed by atoms with E-state index in [2.05, 4.69) is 5.32 Å². The molecule has 0 atom stereocenters. The van der Waals surface area contributed by atoms with Gasteiger partial charge < -0.3 is 20.9 Å². The van der Waals surface area contributed by atoms with E-state index in [-0.39, 0.29) is 13.5 Å². The van der Waals surface area contributed by atoms with E-state index in [1.54, 1.807) is 0 Å². The predicted molar refractivity (Wildman–Crippen MR) is 51.6 cm³/mol. The lowest BCUT2D eigenvalue weighted by Gasteiger charge is -2.36. The van der Waals surface area contributed by atoms with E-state index in [1.165, 1.54) is 0 Å². The minimum Gasteiger partial charge on any atom is -0.346 e. The molecule has 5 N–H and O–H groups in total. The van der Waals surface area contributed by atoms with Crippen LogP contribution in [0.3, 0.4) is 0 Å². The van der Waals surface area contributed by atoms with Crippen LogP contribution in [-0.2, 0) is 9.47 Å². The van der Waals surface area contributed by atoms with E-state index in [4.69, 9.17) is 20.9 Å². The van der Waals surface area contributed by atoms with Gasteiger partial charge >= 0.3 is 0 Å². The molecule has 0 aliphatic rings. The van der Waals surface area contributed by atoms with Gasteiger partial charge in [0.05, 0.1) is 13.5 Å². The van der Waals surface area contributed by atoms with Gasteiger partial charge in [-0.15, -0.1) is 0 Å². The van der Waals surface area contributed by atoms with Crippen LogP contribution < -0.4 is 16.8 Å². The second-order valence-electron chi connectivity index (χ2n) is 3.77. The normalized spacial score (nSPS) is 13.4. The Labute approximate surface area is 79.8 Å². The molecule has 0 aromatic rings. The predicted octanol–water partition coefficient (Wildman–Crippen LogP) is -0.0862. The zero-order valence-electron chi connectivity index (χ0n) is 8.89. The van der Waals surface area contributed by atoms with E-state index in [9.17, 15) is 0 Å². The molecule has 0 fully saturated rings. The summed E-state index contributed by atoms with van der Waals surface area (Å²) in [6, 6.07) is 0. The van der Waals surface area contributed by atoms with Crippen molar-refractivity contribution in [2.45, 2.75) is 39.1 Å². The van der Waals surface area contributed by atoms with Crippen LogP contribution in [0.4, 0.5) is 0 Å². The summed E-state index contributed by atoms with van der Waals surface area (Å²) in [4.78, 5) is 0. The zero-order valence-corrected chi connectivity index (χ0v) is 8.89. The summed E-state index contributed by atoms with van der Waals surface area (Å²) in [6.45, 7) is 7.84. The van der Waals surface area contributed by atoms with Crippen molar-refractivity contribution in [3.63, 3.8) is 0 Å². The molecule has 5 heteroatoms. The standard InChI is InChI=1S/C8H21N3O2/c1-7(2,12-5-9)11-8(3,4)13-6-10/h11H,5-6,9-10H2,1-4H3. The lowest BCUT2D eigenvalue weighted by Crippen LogP contribution is -2.55. The van der Waals surface area contributed by atoms with Gasteiger partial charge in [0.1, 0.15) is 11.4 Å². The largest absolute Gasteiger partial charge is 0.346 e. The molecule has 0 saturated carbocycles. The third kappa shape index (κ3) is 5.95. The Morgan fingerprint density at radius 3 is 1.46 bits per heavy atom. The molecular formula is C8H21N3O2. The first-order valence-electron chi connectivity index (χ1n) is 4.30. The molecule has 0 aliphatic heterocycles. The summed E-state index contributed by atoms with van der Waals surface area (Å²) in [5.41, 5.74) is 9.52. The van der Waals surface area contributed by atoms with E-state index >= 15 is 0 Å². The van der Waals surface area contributed by atoms with Gasteiger partial charge in [0.2, 0.25) is 0 Å². The van der Waals surface area contributed by atoms with Crippen LogP contribution in [0.5, 0.6) is 0 Å². The van der Waals surface area contributed by atoms with Gasteiger partial charge in [0, 0.05) is 0 Å². The van der Waals surface area contributed by atoms with Gasteiger partial charge in [-0.2, -0.15) is 0 Å². The molecule has 0 radical (unpaired) electrons. The summed E-state index contributed by atoms with van der Waals surface area (Å²) < 4.78 is 10.5. The van der Waals surface area contributed by atoms with Crippen LogP contribution in [0.2, 0.25) is 0 Å². The van der Waals surface area contributed by atoms with Crippen molar-refractivity contribution in [2.75, 3.05) is 13.5 Å². The summed E-state index contributed by atoms with van der Waals surface area (Å²) in [6.07, 6.45) is 0. The first-order chi connectivity index (χ1) is 5.83. The molecular weight excluding hydrogens is 170 g/mol. The van der Waals surface area contributed by atoms with E-state index in [0.717, 1.165) is 0 Å². The number of hydrogen-bond donors (Lipinski definition) is 3. The first kappa shape index (κ1) is 12.8. The molecule has 0 rings (SSSR count). The second-order valence-corrected chi connectivity index (χ2v) is 3.77. The molecule has 0 aliphatic carbocycles. The molecule has 0 aromatic carbocycles. The van der Waals surface area contributed by atoms with Crippen molar-refractivity contribution >= 4 is 0 Å². The Kier molecular flexibility index (Phi) is 4.80. The Morgan fingerprint density at radius 1 is 0.923 bits per heavy atom. The minimum absolute atomic E-state index is 0.165. The van der Waals surface area contributed by atoms with Crippen LogP contribution in [0.25, 0.3) is 0 Å². The van der Waals surface area contributed by atoms with E-state index in [1.807, 2.05) is 27.7 Å². The number of ether oxygens (including phenoxy) is 2. The summed E-state index contributed by atoms with van der Waals surface area (Å²) in [5.74, 6) is 0. The van der Waals surface area contributed by atoms with Crippen LogP contribution in [0, 0.1) is 0 Å².